The molecule has 20 heavy (non-hydrogen) atoms. The van der Waals surface area contributed by atoms with Gasteiger partial charge in [0.05, 0.1) is 0 Å². The van der Waals surface area contributed by atoms with Crippen LogP contribution in [-0.4, -0.2) is 37.2 Å². The Labute approximate surface area is 122 Å². The molecule has 114 valence electrons. The van der Waals surface area contributed by atoms with Gasteiger partial charge >= 0.3 is 0 Å². The van der Waals surface area contributed by atoms with Crippen LogP contribution < -0.4 is 10.6 Å². The van der Waals surface area contributed by atoms with Crippen molar-refractivity contribution in [1.82, 2.24) is 10.6 Å². The van der Waals surface area contributed by atoms with Gasteiger partial charge in [-0.05, 0) is 57.3 Å². The average molecular weight is 280 g/mol. The zero-order chi connectivity index (χ0) is 13.9. The number of hydrogen-bond donors (Lipinski definition) is 2. The third-order valence-corrected chi connectivity index (χ3v) is 5.41. The van der Waals surface area contributed by atoms with Gasteiger partial charge in [0.25, 0.3) is 0 Å². The Hall–Kier alpha value is -0.610. The van der Waals surface area contributed by atoms with Gasteiger partial charge in [0, 0.05) is 37.8 Å². The van der Waals surface area contributed by atoms with Gasteiger partial charge in [0.1, 0.15) is 0 Å². The van der Waals surface area contributed by atoms with Crippen molar-refractivity contribution >= 4 is 5.91 Å². The highest BCUT2D eigenvalue weighted by molar-refractivity contribution is 5.76. The second-order valence-electron chi connectivity index (χ2n) is 6.99. The smallest absolute Gasteiger partial charge is 0.220 e. The zero-order valence-electron chi connectivity index (χ0n) is 12.6. The SMILES string of the molecule is CC(NC(=O)CC1CC2CCC(C1)N2)C1CCOCC1. The van der Waals surface area contributed by atoms with Crippen molar-refractivity contribution in [1.29, 1.82) is 0 Å². The number of piperidine rings is 1. The molecule has 0 radical (unpaired) electrons. The summed E-state index contributed by atoms with van der Waals surface area (Å²) in [7, 11) is 0. The Morgan fingerprint density at radius 1 is 1.20 bits per heavy atom. The summed E-state index contributed by atoms with van der Waals surface area (Å²) < 4.78 is 5.39. The molecule has 4 heteroatoms. The molecule has 3 saturated heterocycles. The minimum Gasteiger partial charge on any atom is -0.381 e. The molecule has 3 heterocycles. The van der Waals surface area contributed by atoms with Crippen LogP contribution in [0.5, 0.6) is 0 Å². The second-order valence-corrected chi connectivity index (χ2v) is 6.99. The van der Waals surface area contributed by atoms with E-state index in [2.05, 4.69) is 17.6 Å². The first-order valence-corrected chi connectivity index (χ1v) is 8.34. The Morgan fingerprint density at radius 3 is 2.50 bits per heavy atom. The first-order chi connectivity index (χ1) is 9.70. The number of fused-ring (bicyclic) bond motifs is 2. The Balaban J connectivity index is 1.42. The van der Waals surface area contributed by atoms with Crippen LogP contribution in [0.1, 0.15) is 51.9 Å². The van der Waals surface area contributed by atoms with Crippen LogP contribution >= 0.6 is 0 Å². The summed E-state index contributed by atoms with van der Waals surface area (Å²) in [6.45, 7) is 3.85. The predicted octanol–water partition coefficient (Wildman–Crippen LogP) is 1.84. The van der Waals surface area contributed by atoms with Gasteiger partial charge in [-0.15, -0.1) is 0 Å². The molecule has 0 saturated carbocycles. The summed E-state index contributed by atoms with van der Waals surface area (Å²) >= 11 is 0. The van der Waals surface area contributed by atoms with Crippen molar-refractivity contribution in [2.45, 2.75) is 70.0 Å². The normalized spacial score (nSPS) is 35.8. The maximum Gasteiger partial charge on any atom is 0.220 e. The van der Waals surface area contributed by atoms with E-state index in [1.54, 1.807) is 0 Å². The minimum absolute atomic E-state index is 0.260. The molecule has 0 aromatic carbocycles. The van der Waals surface area contributed by atoms with E-state index in [0.29, 0.717) is 30.0 Å². The third-order valence-electron chi connectivity index (χ3n) is 5.41. The molecule has 1 amide bonds. The molecule has 3 atom stereocenters. The summed E-state index contributed by atoms with van der Waals surface area (Å²) in [5, 5.41) is 6.87. The summed E-state index contributed by atoms with van der Waals surface area (Å²) in [4.78, 5) is 12.2. The molecule has 4 nitrogen and oxygen atoms in total. The van der Waals surface area contributed by atoms with E-state index in [1.807, 2.05) is 0 Å². The standard InChI is InChI=1S/C16H28N2O2/c1-11(13-4-6-20-7-5-13)17-16(19)10-12-8-14-2-3-15(9-12)18-14/h11-15,18H,2-10H2,1H3,(H,17,19). The van der Waals surface area contributed by atoms with Crippen LogP contribution in [0.25, 0.3) is 0 Å². The fourth-order valence-corrected chi connectivity index (χ4v) is 4.25. The molecule has 0 aromatic rings. The van der Waals surface area contributed by atoms with Crippen molar-refractivity contribution in [2.75, 3.05) is 13.2 Å². The molecule has 0 spiro atoms. The average Bonchev–Trinajstić information content (AvgIpc) is 2.78. The van der Waals surface area contributed by atoms with Gasteiger partial charge in [-0.2, -0.15) is 0 Å². The Kier molecular flexibility index (Phi) is 4.61. The van der Waals surface area contributed by atoms with Gasteiger partial charge in [-0.1, -0.05) is 0 Å². The van der Waals surface area contributed by atoms with E-state index in [0.717, 1.165) is 32.5 Å². The first kappa shape index (κ1) is 14.3. The van der Waals surface area contributed by atoms with Crippen molar-refractivity contribution in [3.05, 3.63) is 0 Å². The fraction of sp³-hybridized carbons (Fsp3) is 0.938. The lowest BCUT2D eigenvalue weighted by Gasteiger charge is -2.31. The first-order valence-electron chi connectivity index (χ1n) is 8.34. The number of nitrogens with one attached hydrogen (secondary N) is 2. The molecule has 2 N–H and O–H groups in total. The number of hydrogen-bond acceptors (Lipinski definition) is 3. The topological polar surface area (TPSA) is 50.4 Å². The largest absolute Gasteiger partial charge is 0.381 e. The summed E-state index contributed by atoms with van der Waals surface area (Å²) in [5.41, 5.74) is 0. The van der Waals surface area contributed by atoms with E-state index in [-0.39, 0.29) is 5.91 Å². The maximum absolute atomic E-state index is 12.2. The van der Waals surface area contributed by atoms with E-state index in [9.17, 15) is 4.79 Å². The molecule has 3 unspecified atom stereocenters. The van der Waals surface area contributed by atoms with Crippen LogP contribution in [0.2, 0.25) is 0 Å². The highest BCUT2D eigenvalue weighted by atomic mass is 16.5. The van der Waals surface area contributed by atoms with E-state index in [4.69, 9.17) is 4.74 Å². The molecule has 3 rings (SSSR count). The van der Waals surface area contributed by atoms with Gasteiger partial charge in [-0.3, -0.25) is 4.79 Å². The highest BCUT2D eigenvalue weighted by Gasteiger charge is 2.34. The second kappa shape index (κ2) is 6.44. The van der Waals surface area contributed by atoms with Crippen LogP contribution in [-0.2, 0) is 9.53 Å². The highest BCUT2D eigenvalue weighted by Crippen LogP contribution is 2.32. The molecular formula is C16H28N2O2. The Morgan fingerprint density at radius 2 is 1.85 bits per heavy atom. The summed E-state index contributed by atoms with van der Waals surface area (Å²) in [5.74, 6) is 1.45. The summed E-state index contributed by atoms with van der Waals surface area (Å²) in [6.07, 6.45) is 7.88. The summed E-state index contributed by atoms with van der Waals surface area (Å²) in [6, 6.07) is 1.66. The van der Waals surface area contributed by atoms with Gasteiger partial charge in [-0.25, -0.2) is 0 Å². The maximum atomic E-state index is 12.2. The van der Waals surface area contributed by atoms with Crippen molar-refractivity contribution < 1.29 is 9.53 Å². The van der Waals surface area contributed by atoms with Gasteiger partial charge < -0.3 is 15.4 Å². The fourth-order valence-electron chi connectivity index (χ4n) is 4.25. The van der Waals surface area contributed by atoms with Crippen LogP contribution in [0.15, 0.2) is 0 Å². The number of amides is 1. The lowest BCUT2D eigenvalue weighted by molar-refractivity contribution is -0.123. The molecule has 3 aliphatic heterocycles. The van der Waals surface area contributed by atoms with Gasteiger partial charge in [0.2, 0.25) is 5.91 Å². The molecule has 3 aliphatic rings. The molecule has 3 fully saturated rings. The molecule has 0 aromatic heterocycles. The molecule has 0 aliphatic carbocycles. The van der Waals surface area contributed by atoms with Crippen LogP contribution in [0.4, 0.5) is 0 Å². The number of rotatable bonds is 4. The molecular weight excluding hydrogens is 252 g/mol. The Bertz CT molecular complexity index is 329. The number of carbonyl (C=O) groups is 1. The van der Waals surface area contributed by atoms with E-state index in [1.165, 1.54) is 25.7 Å². The van der Waals surface area contributed by atoms with E-state index < -0.39 is 0 Å². The van der Waals surface area contributed by atoms with Crippen molar-refractivity contribution in [2.24, 2.45) is 11.8 Å². The van der Waals surface area contributed by atoms with Crippen molar-refractivity contribution in [3.63, 3.8) is 0 Å². The number of carbonyl (C=O) groups excluding carboxylic acids is 1. The van der Waals surface area contributed by atoms with Crippen molar-refractivity contribution in [3.8, 4) is 0 Å². The zero-order valence-corrected chi connectivity index (χ0v) is 12.6. The number of ether oxygens (including phenoxy) is 1. The van der Waals surface area contributed by atoms with Crippen LogP contribution in [0.3, 0.4) is 0 Å². The molecule has 2 bridgehead atoms. The van der Waals surface area contributed by atoms with Gasteiger partial charge in [0.15, 0.2) is 0 Å². The van der Waals surface area contributed by atoms with Crippen LogP contribution in [0, 0.1) is 11.8 Å². The lowest BCUT2D eigenvalue weighted by Crippen LogP contribution is -2.43. The van der Waals surface area contributed by atoms with E-state index >= 15 is 0 Å². The third kappa shape index (κ3) is 3.53. The minimum atomic E-state index is 0.260. The quantitative estimate of drug-likeness (QED) is 0.826. The monoisotopic (exact) mass is 280 g/mol. The predicted molar refractivity (Wildman–Crippen MR) is 78.4 cm³/mol. The lowest BCUT2D eigenvalue weighted by atomic mass is 9.88.